The van der Waals surface area contributed by atoms with E-state index in [1.165, 1.54) is 32.1 Å². The number of fused-ring (bicyclic) bond motifs is 1. The first-order valence-corrected chi connectivity index (χ1v) is 10.1. The van der Waals surface area contributed by atoms with Crippen molar-refractivity contribution in [2.75, 3.05) is 13.2 Å². The molecule has 25 heavy (non-hydrogen) atoms. The lowest BCUT2D eigenvalue weighted by molar-refractivity contribution is 0.0699. The molecular weight excluding hydrogens is 332 g/mol. The molecule has 1 fully saturated rings. The highest BCUT2D eigenvalue weighted by molar-refractivity contribution is 7.09. The number of carbonyl (C=O) groups excluding carboxylic acids is 1. The van der Waals surface area contributed by atoms with Gasteiger partial charge in [0, 0.05) is 30.1 Å². The molecule has 4 nitrogen and oxygen atoms in total. The van der Waals surface area contributed by atoms with Gasteiger partial charge in [-0.05, 0) is 42.5 Å². The molecule has 5 heteroatoms. The number of benzene rings is 1. The number of nitrogens with zero attached hydrogens (tertiary/aromatic N) is 2. The van der Waals surface area contributed by atoms with Crippen molar-refractivity contribution in [3.63, 3.8) is 0 Å². The van der Waals surface area contributed by atoms with Crippen LogP contribution < -0.4 is 4.74 Å². The predicted octanol–water partition coefficient (Wildman–Crippen LogP) is 4.30. The van der Waals surface area contributed by atoms with Crippen LogP contribution in [0.5, 0.6) is 5.75 Å². The van der Waals surface area contributed by atoms with Crippen LogP contribution in [0.2, 0.25) is 0 Å². The zero-order valence-electron chi connectivity index (χ0n) is 14.4. The van der Waals surface area contributed by atoms with E-state index in [1.54, 1.807) is 11.3 Å². The highest BCUT2D eigenvalue weighted by Gasteiger charge is 2.24. The molecule has 1 aromatic carbocycles. The molecule has 0 saturated heterocycles. The first-order chi connectivity index (χ1) is 12.3. The summed E-state index contributed by atoms with van der Waals surface area (Å²) in [5.74, 6) is 1.67. The van der Waals surface area contributed by atoms with E-state index in [0.717, 1.165) is 41.5 Å². The molecule has 0 unspecified atom stereocenters. The maximum absolute atomic E-state index is 13.2. The summed E-state index contributed by atoms with van der Waals surface area (Å²) in [7, 11) is 0. The Hall–Kier alpha value is -1.88. The van der Waals surface area contributed by atoms with Crippen molar-refractivity contribution >= 4 is 17.2 Å². The summed E-state index contributed by atoms with van der Waals surface area (Å²) in [6.45, 7) is 2.17. The lowest BCUT2D eigenvalue weighted by atomic mass is 9.89. The van der Waals surface area contributed by atoms with Crippen LogP contribution in [0.1, 0.15) is 53.0 Å². The molecule has 1 amide bonds. The maximum Gasteiger partial charge on any atom is 0.254 e. The molecule has 1 aliphatic heterocycles. The molecule has 0 atom stereocenters. The summed E-state index contributed by atoms with van der Waals surface area (Å²) in [5, 5.41) is 2.99. The van der Waals surface area contributed by atoms with E-state index in [2.05, 4.69) is 4.98 Å². The molecule has 1 aromatic heterocycles. The van der Waals surface area contributed by atoms with Gasteiger partial charge in [-0.3, -0.25) is 4.79 Å². The Labute approximate surface area is 152 Å². The van der Waals surface area contributed by atoms with Crippen LogP contribution in [0.3, 0.4) is 0 Å². The summed E-state index contributed by atoms with van der Waals surface area (Å²) in [6.07, 6.45) is 9.10. The minimum Gasteiger partial charge on any atom is -0.493 e. The molecule has 2 heterocycles. The summed E-state index contributed by atoms with van der Waals surface area (Å²) in [5.41, 5.74) is 1.93. The second kappa shape index (κ2) is 7.56. The average Bonchev–Trinajstić information content (AvgIpc) is 3.32. The molecule has 1 aliphatic carbocycles. The smallest absolute Gasteiger partial charge is 0.254 e. The van der Waals surface area contributed by atoms with Crippen LogP contribution in [0.15, 0.2) is 29.8 Å². The van der Waals surface area contributed by atoms with Crippen LogP contribution in [0.25, 0.3) is 0 Å². The van der Waals surface area contributed by atoms with Crippen molar-refractivity contribution < 1.29 is 9.53 Å². The lowest BCUT2D eigenvalue weighted by Gasteiger charge is -2.29. The minimum atomic E-state index is 0.121. The van der Waals surface area contributed by atoms with Crippen molar-refractivity contribution in [2.45, 2.75) is 45.1 Å². The van der Waals surface area contributed by atoms with Crippen molar-refractivity contribution in [1.82, 2.24) is 9.88 Å². The number of ether oxygens (including phenoxy) is 1. The first kappa shape index (κ1) is 16.6. The van der Waals surface area contributed by atoms with Gasteiger partial charge in [0.15, 0.2) is 0 Å². The SMILES string of the molecule is O=C(c1ccc2c(c1)CCO2)N(Cc1nccs1)CC1CCCCC1. The predicted molar refractivity (Wildman–Crippen MR) is 99.1 cm³/mol. The van der Waals surface area contributed by atoms with Crippen molar-refractivity contribution in [3.8, 4) is 5.75 Å². The fourth-order valence-electron chi connectivity index (χ4n) is 3.90. The van der Waals surface area contributed by atoms with E-state index in [0.29, 0.717) is 12.5 Å². The zero-order valence-corrected chi connectivity index (χ0v) is 15.3. The number of rotatable bonds is 5. The van der Waals surface area contributed by atoms with Gasteiger partial charge in [0.25, 0.3) is 5.91 Å². The first-order valence-electron chi connectivity index (χ1n) is 9.23. The van der Waals surface area contributed by atoms with Gasteiger partial charge in [0.2, 0.25) is 0 Å². The summed E-state index contributed by atoms with van der Waals surface area (Å²) in [6, 6.07) is 5.86. The summed E-state index contributed by atoms with van der Waals surface area (Å²) in [4.78, 5) is 19.6. The number of aromatic nitrogens is 1. The van der Waals surface area contributed by atoms with Crippen LogP contribution >= 0.6 is 11.3 Å². The van der Waals surface area contributed by atoms with Crippen LogP contribution in [-0.2, 0) is 13.0 Å². The highest BCUT2D eigenvalue weighted by atomic mass is 32.1. The molecule has 0 bridgehead atoms. The van der Waals surface area contributed by atoms with Crippen LogP contribution in [-0.4, -0.2) is 28.9 Å². The Morgan fingerprint density at radius 1 is 1.28 bits per heavy atom. The van der Waals surface area contributed by atoms with E-state index in [-0.39, 0.29) is 5.91 Å². The standard InChI is InChI=1S/C20H24N2O2S/c23-20(17-6-7-18-16(12-17)8-10-24-18)22(14-19-21-9-11-25-19)13-15-4-2-1-3-5-15/h6-7,9,11-12,15H,1-5,8,10,13-14H2. The average molecular weight is 356 g/mol. The van der Waals surface area contributed by atoms with Gasteiger partial charge < -0.3 is 9.64 Å². The molecular formula is C20H24N2O2S. The van der Waals surface area contributed by atoms with E-state index in [1.807, 2.05) is 34.7 Å². The molecule has 132 valence electrons. The number of hydrogen-bond acceptors (Lipinski definition) is 4. The largest absolute Gasteiger partial charge is 0.493 e. The van der Waals surface area contributed by atoms with Crippen molar-refractivity contribution in [1.29, 1.82) is 0 Å². The maximum atomic E-state index is 13.2. The van der Waals surface area contributed by atoms with Gasteiger partial charge in [-0.2, -0.15) is 0 Å². The molecule has 4 rings (SSSR count). The van der Waals surface area contributed by atoms with Crippen molar-refractivity contribution in [2.24, 2.45) is 5.92 Å². The van der Waals surface area contributed by atoms with Gasteiger partial charge in [0.05, 0.1) is 13.2 Å². The molecule has 2 aromatic rings. The molecule has 0 radical (unpaired) electrons. The van der Waals surface area contributed by atoms with E-state index < -0.39 is 0 Å². The Kier molecular flexibility index (Phi) is 5.02. The Balaban J connectivity index is 1.54. The number of amides is 1. The van der Waals surface area contributed by atoms with Gasteiger partial charge in [-0.15, -0.1) is 11.3 Å². The normalized spacial score (nSPS) is 17.1. The second-order valence-corrected chi connectivity index (χ2v) is 8.02. The summed E-state index contributed by atoms with van der Waals surface area (Å²) >= 11 is 1.62. The third kappa shape index (κ3) is 3.87. The number of carbonyl (C=O) groups is 1. The number of hydrogen-bond donors (Lipinski definition) is 0. The third-order valence-electron chi connectivity index (χ3n) is 5.24. The monoisotopic (exact) mass is 356 g/mol. The van der Waals surface area contributed by atoms with Gasteiger partial charge in [0.1, 0.15) is 10.8 Å². The number of thiazole rings is 1. The minimum absolute atomic E-state index is 0.121. The summed E-state index contributed by atoms with van der Waals surface area (Å²) < 4.78 is 5.57. The van der Waals surface area contributed by atoms with Crippen LogP contribution in [0.4, 0.5) is 0 Å². The Morgan fingerprint density at radius 2 is 2.16 bits per heavy atom. The Morgan fingerprint density at radius 3 is 2.96 bits per heavy atom. The van der Waals surface area contributed by atoms with Gasteiger partial charge in [-0.1, -0.05) is 19.3 Å². The molecule has 0 spiro atoms. The van der Waals surface area contributed by atoms with Crippen molar-refractivity contribution in [3.05, 3.63) is 45.9 Å². The third-order valence-corrected chi connectivity index (χ3v) is 6.00. The molecule has 2 aliphatic rings. The fraction of sp³-hybridized carbons (Fsp3) is 0.500. The zero-order chi connectivity index (χ0) is 17.1. The Bertz CT molecular complexity index is 723. The van der Waals surface area contributed by atoms with Gasteiger partial charge in [-0.25, -0.2) is 4.98 Å². The highest BCUT2D eigenvalue weighted by Crippen LogP contribution is 2.28. The molecule has 0 N–H and O–H groups in total. The van der Waals surface area contributed by atoms with Gasteiger partial charge >= 0.3 is 0 Å². The van der Waals surface area contributed by atoms with Crippen LogP contribution in [0, 0.1) is 5.92 Å². The van der Waals surface area contributed by atoms with E-state index in [4.69, 9.17) is 4.74 Å². The second-order valence-electron chi connectivity index (χ2n) is 7.04. The topological polar surface area (TPSA) is 42.4 Å². The van der Waals surface area contributed by atoms with E-state index in [9.17, 15) is 4.79 Å². The fourth-order valence-corrected chi connectivity index (χ4v) is 4.53. The quantitative estimate of drug-likeness (QED) is 0.802. The van der Waals surface area contributed by atoms with E-state index >= 15 is 0 Å². The molecule has 1 saturated carbocycles. The lowest BCUT2D eigenvalue weighted by Crippen LogP contribution is -2.35.